The summed E-state index contributed by atoms with van der Waals surface area (Å²) in [6.07, 6.45) is 0.308. The number of hydrogen-bond donors (Lipinski definition) is 2. The van der Waals surface area contributed by atoms with Gasteiger partial charge in [-0.1, -0.05) is 0 Å². The molecule has 2 aliphatic heterocycles. The van der Waals surface area contributed by atoms with Crippen molar-refractivity contribution in [2.75, 3.05) is 57.9 Å². The van der Waals surface area contributed by atoms with Gasteiger partial charge in [-0.25, -0.2) is 4.79 Å². The Morgan fingerprint density at radius 2 is 1.92 bits per heavy atom. The number of amides is 3. The van der Waals surface area contributed by atoms with Crippen LogP contribution in [0.4, 0.5) is 10.5 Å². The van der Waals surface area contributed by atoms with E-state index in [1.807, 2.05) is 24.3 Å². The summed E-state index contributed by atoms with van der Waals surface area (Å²) in [5.74, 6) is 0.749. The highest BCUT2D eigenvalue weighted by Gasteiger charge is 2.33. The highest BCUT2D eigenvalue weighted by Crippen LogP contribution is 2.24. The van der Waals surface area contributed by atoms with Gasteiger partial charge in [-0.15, -0.1) is 0 Å². The number of hydrogen-bond acceptors (Lipinski definition) is 5. The molecular weight excluding hydrogens is 336 g/mol. The Hall–Kier alpha value is -2.32. The molecule has 2 N–H and O–H groups in total. The van der Waals surface area contributed by atoms with E-state index in [4.69, 9.17) is 9.84 Å². The SMILES string of the molecule is COc1ccc(N2CC(NC(=O)N3CCN(CCO)CC3)CC2=O)cc1. The number of β-amino-alcohol motifs (C(OH)–C–C–N with tert-alkyl or cyclic N) is 1. The normalized spacial score (nSPS) is 21.2. The Kier molecular flexibility index (Phi) is 5.95. The van der Waals surface area contributed by atoms with Gasteiger partial charge in [-0.05, 0) is 24.3 Å². The maximum absolute atomic E-state index is 12.5. The van der Waals surface area contributed by atoms with Crippen LogP contribution < -0.4 is 15.0 Å². The molecule has 26 heavy (non-hydrogen) atoms. The number of rotatable bonds is 5. The fourth-order valence-electron chi connectivity index (χ4n) is 3.40. The van der Waals surface area contributed by atoms with Gasteiger partial charge in [0.2, 0.25) is 5.91 Å². The van der Waals surface area contributed by atoms with E-state index >= 15 is 0 Å². The third-order valence-corrected chi connectivity index (χ3v) is 4.91. The first-order chi connectivity index (χ1) is 12.6. The van der Waals surface area contributed by atoms with E-state index in [0.29, 0.717) is 32.6 Å². The summed E-state index contributed by atoms with van der Waals surface area (Å²) in [7, 11) is 1.60. The maximum atomic E-state index is 12.5. The van der Waals surface area contributed by atoms with Gasteiger partial charge in [0, 0.05) is 51.4 Å². The molecule has 0 saturated carbocycles. The number of ether oxygens (including phenoxy) is 1. The van der Waals surface area contributed by atoms with Crippen LogP contribution in [0, 0.1) is 0 Å². The van der Waals surface area contributed by atoms with Crippen molar-refractivity contribution in [2.45, 2.75) is 12.5 Å². The molecule has 0 radical (unpaired) electrons. The molecule has 0 bridgehead atoms. The topological polar surface area (TPSA) is 85.3 Å². The van der Waals surface area contributed by atoms with Gasteiger partial charge >= 0.3 is 6.03 Å². The van der Waals surface area contributed by atoms with Gasteiger partial charge in [0.05, 0.1) is 19.8 Å². The lowest BCUT2D eigenvalue weighted by Crippen LogP contribution is -2.54. The molecule has 2 saturated heterocycles. The molecule has 0 spiro atoms. The second kappa shape index (κ2) is 8.37. The van der Waals surface area contributed by atoms with Crippen LogP contribution in [0.3, 0.4) is 0 Å². The first-order valence-corrected chi connectivity index (χ1v) is 8.94. The Labute approximate surface area is 153 Å². The van der Waals surface area contributed by atoms with E-state index in [-0.39, 0.29) is 24.6 Å². The minimum atomic E-state index is -0.187. The highest BCUT2D eigenvalue weighted by molar-refractivity contribution is 5.96. The number of nitrogens with zero attached hydrogens (tertiary/aromatic N) is 3. The van der Waals surface area contributed by atoms with Crippen molar-refractivity contribution in [2.24, 2.45) is 0 Å². The molecule has 1 atom stereocenters. The van der Waals surface area contributed by atoms with Gasteiger partial charge in [0.1, 0.15) is 5.75 Å². The molecule has 2 aliphatic rings. The van der Waals surface area contributed by atoms with Crippen LogP contribution in [0.2, 0.25) is 0 Å². The second-order valence-corrected chi connectivity index (χ2v) is 6.61. The predicted molar refractivity (Wildman–Crippen MR) is 97.4 cm³/mol. The minimum Gasteiger partial charge on any atom is -0.497 e. The fourth-order valence-corrected chi connectivity index (χ4v) is 3.40. The molecule has 1 aromatic rings. The largest absolute Gasteiger partial charge is 0.497 e. The summed E-state index contributed by atoms with van der Waals surface area (Å²) in [5, 5.41) is 12.0. The molecule has 8 heteroatoms. The molecule has 1 aromatic carbocycles. The lowest BCUT2D eigenvalue weighted by molar-refractivity contribution is -0.117. The van der Waals surface area contributed by atoms with Gasteiger partial charge in [-0.3, -0.25) is 9.69 Å². The van der Waals surface area contributed by atoms with Gasteiger partial charge in [0.25, 0.3) is 0 Å². The van der Waals surface area contributed by atoms with Crippen molar-refractivity contribution in [1.82, 2.24) is 15.1 Å². The number of carbonyl (C=O) groups excluding carboxylic acids is 2. The second-order valence-electron chi connectivity index (χ2n) is 6.61. The van der Waals surface area contributed by atoms with Gasteiger partial charge < -0.3 is 25.0 Å². The third-order valence-electron chi connectivity index (χ3n) is 4.91. The third kappa shape index (κ3) is 4.25. The highest BCUT2D eigenvalue weighted by atomic mass is 16.5. The minimum absolute atomic E-state index is 0.00762. The standard InChI is InChI=1S/C18H26N4O4/c1-26-16-4-2-15(3-5-16)22-13-14(12-17(22)24)19-18(25)21-8-6-20(7-9-21)10-11-23/h2-5,14,23H,6-13H2,1H3,(H,19,25). The van der Waals surface area contributed by atoms with Gasteiger partial charge in [-0.2, -0.15) is 0 Å². The van der Waals surface area contributed by atoms with E-state index in [9.17, 15) is 9.59 Å². The van der Waals surface area contributed by atoms with E-state index in [1.165, 1.54) is 0 Å². The first kappa shape index (κ1) is 18.5. The molecule has 8 nitrogen and oxygen atoms in total. The van der Waals surface area contributed by atoms with Crippen LogP contribution in [-0.4, -0.2) is 85.9 Å². The van der Waals surface area contributed by atoms with Crippen molar-refractivity contribution in [3.63, 3.8) is 0 Å². The van der Waals surface area contributed by atoms with Crippen molar-refractivity contribution in [1.29, 1.82) is 0 Å². The molecular formula is C18H26N4O4. The van der Waals surface area contributed by atoms with Crippen molar-refractivity contribution >= 4 is 17.6 Å². The summed E-state index contributed by atoms with van der Waals surface area (Å²) in [4.78, 5) is 30.4. The molecule has 0 aromatic heterocycles. The predicted octanol–water partition coefficient (Wildman–Crippen LogP) is 0.120. The van der Waals surface area contributed by atoms with Crippen LogP contribution in [-0.2, 0) is 4.79 Å². The summed E-state index contributed by atoms with van der Waals surface area (Å²) in [6.45, 7) is 4.04. The van der Waals surface area contributed by atoms with Crippen LogP contribution in [0.25, 0.3) is 0 Å². The number of aliphatic hydroxyl groups excluding tert-OH is 1. The first-order valence-electron chi connectivity index (χ1n) is 8.94. The molecule has 3 rings (SSSR count). The Morgan fingerprint density at radius 3 is 2.54 bits per heavy atom. The number of aliphatic hydroxyl groups is 1. The number of carbonyl (C=O) groups is 2. The van der Waals surface area contributed by atoms with Crippen LogP contribution in [0.1, 0.15) is 6.42 Å². The van der Waals surface area contributed by atoms with Gasteiger partial charge in [0.15, 0.2) is 0 Å². The molecule has 1 unspecified atom stereocenters. The van der Waals surface area contributed by atoms with Crippen LogP contribution >= 0.6 is 0 Å². The van der Waals surface area contributed by atoms with Crippen molar-refractivity contribution < 1.29 is 19.4 Å². The van der Waals surface area contributed by atoms with E-state index in [1.54, 1.807) is 16.9 Å². The van der Waals surface area contributed by atoms with Crippen LogP contribution in [0.5, 0.6) is 5.75 Å². The number of benzene rings is 1. The summed E-state index contributed by atoms with van der Waals surface area (Å²) >= 11 is 0. The Morgan fingerprint density at radius 1 is 1.23 bits per heavy atom. The van der Waals surface area contributed by atoms with E-state index < -0.39 is 0 Å². The molecule has 2 heterocycles. The monoisotopic (exact) mass is 362 g/mol. The molecule has 3 amide bonds. The summed E-state index contributed by atoms with van der Waals surface area (Å²) < 4.78 is 5.14. The summed E-state index contributed by atoms with van der Waals surface area (Å²) in [6, 6.07) is 7.03. The van der Waals surface area contributed by atoms with Crippen LogP contribution in [0.15, 0.2) is 24.3 Å². The number of urea groups is 1. The molecule has 142 valence electrons. The molecule has 2 fully saturated rings. The number of methoxy groups -OCH3 is 1. The quantitative estimate of drug-likeness (QED) is 0.777. The van der Waals surface area contributed by atoms with E-state index in [0.717, 1.165) is 24.5 Å². The van der Waals surface area contributed by atoms with E-state index in [2.05, 4.69) is 10.2 Å². The van der Waals surface area contributed by atoms with Crippen molar-refractivity contribution in [3.8, 4) is 5.75 Å². The fraction of sp³-hybridized carbons (Fsp3) is 0.556. The lowest BCUT2D eigenvalue weighted by atomic mass is 10.2. The van der Waals surface area contributed by atoms with Crippen molar-refractivity contribution in [3.05, 3.63) is 24.3 Å². The maximum Gasteiger partial charge on any atom is 0.317 e. The molecule has 0 aliphatic carbocycles. The number of piperazine rings is 1. The zero-order valence-electron chi connectivity index (χ0n) is 15.1. The number of anilines is 1. The average Bonchev–Trinajstić information content (AvgIpc) is 3.02. The number of nitrogens with one attached hydrogen (secondary N) is 1. The average molecular weight is 362 g/mol. The smallest absolute Gasteiger partial charge is 0.317 e. The zero-order valence-corrected chi connectivity index (χ0v) is 15.1. The lowest BCUT2D eigenvalue weighted by Gasteiger charge is -2.34. The zero-order chi connectivity index (χ0) is 18.5. The Balaban J connectivity index is 1.51. The summed E-state index contributed by atoms with van der Waals surface area (Å²) in [5.41, 5.74) is 0.810. The Bertz CT molecular complexity index is 629.